The Bertz CT molecular complexity index is 1550. The molecule has 0 saturated heterocycles. The Morgan fingerprint density at radius 3 is 2.19 bits per heavy atom. The molecule has 162 valence electrons. The van der Waals surface area contributed by atoms with Gasteiger partial charge in [0.25, 0.3) is 20.2 Å². The lowest BCUT2D eigenvalue weighted by atomic mass is 9.83. The molecule has 0 heterocycles. The van der Waals surface area contributed by atoms with Crippen LogP contribution >= 0.6 is 0 Å². The summed E-state index contributed by atoms with van der Waals surface area (Å²) in [6.07, 6.45) is 3.52. The lowest BCUT2D eigenvalue weighted by Crippen LogP contribution is -2.33. The molecule has 0 spiro atoms. The van der Waals surface area contributed by atoms with Crippen molar-refractivity contribution in [2.45, 2.75) is 36.5 Å². The van der Waals surface area contributed by atoms with Gasteiger partial charge in [0.2, 0.25) is 0 Å². The molecule has 2 N–H and O–H groups in total. The SMILES string of the molecule is CC1=c2ccc(S(=O)(=O)O)cc2=CCC1Cc1ccc2cc(S(=O)(=O)O)ccc2c1C. The third-order valence-electron chi connectivity index (χ3n) is 6.12. The van der Waals surface area contributed by atoms with E-state index in [1.54, 1.807) is 12.1 Å². The molecule has 31 heavy (non-hydrogen) atoms. The topological polar surface area (TPSA) is 109 Å². The summed E-state index contributed by atoms with van der Waals surface area (Å²) in [7, 11) is -8.49. The van der Waals surface area contributed by atoms with Crippen molar-refractivity contribution < 1.29 is 25.9 Å². The van der Waals surface area contributed by atoms with Gasteiger partial charge in [0.1, 0.15) is 0 Å². The number of hydrogen-bond donors (Lipinski definition) is 2. The Balaban J connectivity index is 1.71. The van der Waals surface area contributed by atoms with Crippen LogP contribution in [-0.2, 0) is 26.7 Å². The van der Waals surface area contributed by atoms with Crippen molar-refractivity contribution in [1.29, 1.82) is 0 Å². The van der Waals surface area contributed by atoms with Gasteiger partial charge in [-0.2, -0.15) is 16.8 Å². The quantitative estimate of drug-likeness (QED) is 0.582. The van der Waals surface area contributed by atoms with E-state index in [1.165, 1.54) is 24.3 Å². The molecule has 0 amide bonds. The summed E-state index contributed by atoms with van der Waals surface area (Å²) in [6, 6.07) is 13.1. The summed E-state index contributed by atoms with van der Waals surface area (Å²) >= 11 is 0. The molecular formula is C23H22O6S2. The zero-order valence-corrected chi connectivity index (χ0v) is 18.7. The number of benzene rings is 3. The van der Waals surface area contributed by atoms with Crippen LogP contribution in [0.2, 0.25) is 0 Å². The highest BCUT2D eigenvalue weighted by Crippen LogP contribution is 2.29. The second kappa shape index (κ2) is 7.56. The maximum Gasteiger partial charge on any atom is 0.294 e. The van der Waals surface area contributed by atoms with Crippen molar-refractivity contribution in [3.63, 3.8) is 0 Å². The van der Waals surface area contributed by atoms with Crippen molar-refractivity contribution in [3.8, 4) is 0 Å². The first-order chi connectivity index (χ1) is 14.4. The first kappa shape index (κ1) is 21.7. The second-order valence-corrected chi connectivity index (χ2v) is 10.8. The molecule has 0 aromatic heterocycles. The predicted octanol–water partition coefficient (Wildman–Crippen LogP) is 2.86. The van der Waals surface area contributed by atoms with Gasteiger partial charge in [-0.25, -0.2) is 0 Å². The zero-order chi connectivity index (χ0) is 22.6. The summed E-state index contributed by atoms with van der Waals surface area (Å²) in [5, 5.41) is 3.45. The third kappa shape index (κ3) is 4.16. The summed E-state index contributed by atoms with van der Waals surface area (Å²) in [4.78, 5) is -0.234. The van der Waals surface area contributed by atoms with Crippen molar-refractivity contribution >= 4 is 42.7 Å². The summed E-state index contributed by atoms with van der Waals surface area (Å²) in [5.41, 5.74) is 3.35. The van der Waals surface area contributed by atoms with Gasteiger partial charge in [-0.1, -0.05) is 35.9 Å². The van der Waals surface area contributed by atoms with Crippen LogP contribution < -0.4 is 10.4 Å². The zero-order valence-electron chi connectivity index (χ0n) is 17.0. The highest BCUT2D eigenvalue weighted by Gasteiger charge is 2.19. The van der Waals surface area contributed by atoms with Gasteiger partial charge in [-0.05, 0) is 89.2 Å². The smallest absolute Gasteiger partial charge is 0.282 e. The maximum absolute atomic E-state index is 11.4. The molecule has 0 aliphatic heterocycles. The fourth-order valence-electron chi connectivity index (χ4n) is 4.29. The van der Waals surface area contributed by atoms with E-state index in [9.17, 15) is 25.9 Å². The minimum absolute atomic E-state index is 0.108. The third-order valence-corrected chi connectivity index (χ3v) is 7.82. The molecule has 8 heteroatoms. The van der Waals surface area contributed by atoms with Gasteiger partial charge in [-0.3, -0.25) is 9.11 Å². The number of rotatable bonds is 4. The number of aryl methyl sites for hydroxylation is 1. The largest absolute Gasteiger partial charge is 0.294 e. The Labute approximate surface area is 181 Å². The maximum atomic E-state index is 11.4. The Morgan fingerprint density at radius 2 is 1.52 bits per heavy atom. The van der Waals surface area contributed by atoms with Crippen LogP contribution in [0.1, 0.15) is 24.5 Å². The fraction of sp³-hybridized carbons (Fsp3) is 0.217. The van der Waals surface area contributed by atoms with E-state index in [0.29, 0.717) is 0 Å². The lowest BCUT2D eigenvalue weighted by Gasteiger charge is -2.22. The highest BCUT2D eigenvalue weighted by molar-refractivity contribution is 7.86. The van der Waals surface area contributed by atoms with E-state index >= 15 is 0 Å². The second-order valence-electron chi connectivity index (χ2n) is 7.96. The van der Waals surface area contributed by atoms with Crippen LogP contribution in [0.4, 0.5) is 0 Å². The Hall–Kier alpha value is -2.52. The van der Waals surface area contributed by atoms with Crippen LogP contribution in [0.15, 0.2) is 58.3 Å². The molecule has 3 aromatic rings. The average Bonchev–Trinajstić information content (AvgIpc) is 2.70. The van der Waals surface area contributed by atoms with E-state index in [-0.39, 0.29) is 15.7 Å². The van der Waals surface area contributed by atoms with Crippen LogP contribution in [-0.4, -0.2) is 25.9 Å². The lowest BCUT2D eigenvalue weighted by molar-refractivity contribution is 0.481. The van der Waals surface area contributed by atoms with Gasteiger partial charge in [0, 0.05) is 0 Å². The molecule has 0 saturated carbocycles. The van der Waals surface area contributed by atoms with Crippen LogP contribution in [0.25, 0.3) is 22.4 Å². The van der Waals surface area contributed by atoms with E-state index in [1.807, 2.05) is 32.1 Å². The fourth-order valence-corrected chi connectivity index (χ4v) is 5.32. The molecule has 3 aromatic carbocycles. The van der Waals surface area contributed by atoms with Crippen LogP contribution in [0, 0.1) is 12.8 Å². The molecule has 4 rings (SSSR count). The molecule has 1 atom stereocenters. The standard InChI is InChI=1S/C23H22O6S2/c1-14-16(3-5-18-12-20(30(24,25)26)7-9-22(14)18)11-17-4-6-19-13-21(31(27,28)29)8-10-23(19)15(17)2/h3,5-10,12-13,17H,4,11H2,1-2H3,(H,24,25,26)(H,27,28,29). The highest BCUT2D eigenvalue weighted by atomic mass is 32.2. The molecule has 0 fully saturated rings. The molecule has 6 nitrogen and oxygen atoms in total. The summed E-state index contributed by atoms with van der Waals surface area (Å²) in [6.45, 7) is 4.04. The minimum atomic E-state index is -4.25. The number of fused-ring (bicyclic) bond motifs is 2. The van der Waals surface area contributed by atoms with Crippen molar-refractivity contribution in [2.24, 2.45) is 5.92 Å². The predicted molar refractivity (Wildman–Crippen MR) is 119 cm³/mol. The van der Waals surface area contributed by atoms with Crippen molar-refractivity contribution in [1.82, 2.24) is 0 Å². The van der Waals surface area contributed by atoms with Gasteiger partial charge >= 0.3 is 0 Å². The minimum Gasteiger partial charge on any atom is -0.282 e. The van der Waals surface area contributed by atoms with Gasteiger partial charge < -0.3 is 0 Å². The first-order valence-electron chi connectivity index (χ1n) is 9.73. The summed E-state index contributed by atoms with van der Waals surface area (Å²) in [5.74, 6) is 0.234. The van der Waals surface area contributed by atoms with Gasteiger partial charge in [0.05, 0.1) is 9.79 Å². The number of hydrogen-bond acceptors (Lipinski definition) is 4. The molecule has 0 radical (unpaired) electrons. The summed E-state index contributed by atoms with van der Waals surface area (Å²) < 4.78 is 64.2. The average molecular weight is 459 g/mol. The molecular weight excluding hydrogens is 436 g/mol. The molecule has 0 bridgehead atoms. The van der Waals surface area contributed by atoms with Crippen molar-refractivity contribution in [3.05, 3.63) is 70.1 Å². The van der Waals surface area contributed by atoms with Gasteiger partial charge in [0.15, 0.2) is 0 Å². The van der Waals surface area contributed by atoms with Crippen molar-refractivity contribution in [2.75, 3.05) is 0 Å². The van der Waals surface area contributed by atoms with Crippen LogP contribution in [0.3, 0.4) is 0 Å². The van der Waals surface area contributed by atoms with E-state index in [0.717, 1.165) is 50.8 Å². The molecule has 1 unspecified atom stereocenters. The van der Waals surface area contributed by atoms with Gasteiger partial charge in [-0.15, -0.1) is 0 Å². The van der Waals surface area contributed by atoms with E-state index in [4.69, 9.17) is 0 Å². The normalized spacial score (nSPS) is 16.8. The molecule has 1 aliphatic rings. The van der Waals surface area contributed by atoms with Crippen LogP contribution in [0.5, 0.6) is 0 Å². The molecule has 1 aliphatic carbocycles. The van der Waals surface area contributed by atoms with E-state index < -0.39 is 20.2 Å². The van der Waals surface area contributed by atoms with E-state index in [2.05, 4.69) is 0 Å². The first-order valence-corrected chi connectivity index (χ1v) is 12.6. The Morgan fingerprint density at radius 1 is 0.871 bits per heavy atom. The Kier molecular flexibility index (Phi) is 5.29. The monoisotopic (exact) mass is 458 g/mol.